The first-order chi connectivity index (χ1) is 9.73. The maximum atomic E-state index is 11.9. The Labute approximate surface area is 128 Å². The summed E-state index contributed by atoms with van der Waals surface area (Å²) in [4.78, 5) is 11.9. The number of nitrogens with one attached hydrogen (secondary N) is 1. The molecule has 1 amide bonds. The van der Waals surface area contributed by atoms with Crippen LogP contribution in [0.15, 0.2) is 6.07 Å². The van der Waals surface area contributed by atoms with Crippen LogP contribution in [0, 0.1) is 0 Å². The summed E-state index contributed by atoms with van der Waals surface area (Å²) < 4.78 is 2.04. The van der Waals surface area contributed by atoms with E-state index >= 15 is 0 Å². The third kappa shape index (κ3) is 4.30. The molecule has 0 aliphatic heterocycles. The standard InChI is InChI=1S/C16H30N4O/c1-7-13-9-14(8-2)20(19-13)12(5)10-16(6,15(17)21)18-11(3)4/h9,11-12,18H,7-8,10H2,1-6H3,(H2,17,21). The Balaban J connectivity index is 2.99. The molecular weight excluding hydrogens is 264 g/mol. The summed E-state index contributed by atoms with van der Waals surface area (Å²) >= 11 is 0. The average Bonchev–Trinajstić information content (AvgIpc) is 2.80. The zero-order chi connectivity index (χ0) is 16.2. The molecule has 21 heavy (non-hydrogen) atoms. The number of nitrogens with two attached hydrogens (primary N) is 1. The minimum absolute atomic E-state index is 0.115. The van der Waals surface area contributed by atoms with Gasteiger partial charge in [-0.25, -0.2) is 0 Å². The zero-order valence-electron chi connectivity index (χ0n) is 14.2. The highest BCUT2D eigenvalue weighted by atomic mass is 16.1. The van der Waals surface area contributed by atoms with Crippen LogP contribution in [0.2, 0.25) is 0 Å². The van der Waals surface area contributed by atoms with Crippen LogP contribution in [-0.2, 0) is 17.6 Å². The topological polar surface area (TPSA) is 72.9 Å². The molecule has 120 valence electrons. The molecule has 0 spiro atoms. The first-order valence-electron chi connectivity index (χ1n) is 7.88. The quantitative estimate of drug-likeness (QED) is 0.772. The number of aromatic nitrogens is 2. The van der Waals surface area contributed by atoms with Gasteiger partial charge < -0.3 is 11.1 Å². The minimum atomic E-state index is -0.725. The number of carbonyl (C=O) groups excluding carboxylic acids is 1. The third-order valence-corrected chi connectivity index (χ3v) is 3.86. The van der Waals surface area contributed by atoms with Gasteiger partial charge in [-0.2, -0.15) is 5.10 Å². The van der Waals surface area contributed by atoms with Gasteiger partial charge in [-0.3, -0.25) is 9.48 Å². The number of carbonyl (C=O) groups is 1. The summed E-state index contributed by atoms with van der Waals surface area (Å²) in [6, 6.07) is 2.46. The second-order valence-electron chi connectivity index (χ2n) is 6.33. The predicted molar refractivity (Wildman–Crippen MR) is 86.2 cm³/mol. The summed E-state index contributed by atoms with van der Waals surface area (Å²) in [5.41, 5.74) is 7.19. The normalized spacial score (nSPS) is 16.0. The largest absolute Gasteiger partial charge is 0.368 e. The van der Waals surface area contributed by atoms with Crippen LogP contribution in [0.25, 0.3) is 0 Å². The van der Waals surface area contributed by atoms with Crippen molar-refractivity contribution in [2.45, 2.75) is 78.4 Å². The number of hydrogen-bond donors (Lipinski definition) is 2. The van der Waals surface area contributed by atoms with Crippen molar-refractivity contribution < 1.29 is 4.79 Å². The Bertz CT molecular complexity index is 481. The first kappa shape index (κ1) is 17.7. The number of hydrogen-bond acceptors (Lipinski definition) is 3. The van der Waals surface area contributed by atoms with Crippen molar-refractivity contribution in [1.82, 2.24) is 15.1 Å². The van der Waals surface area contributed by atoms with Crippen molar-refractivity contribution in [3.05, 3.63) is 17.5 Å². The van der Waals surface area contributed by atoms with Gasteiger partial charge in [0, 0.05) is 11.7 Å². The number of rotatable bonds is 8. The molecular formula is C16H30N4O. The summed E-state index contributed by atoms with van der Waals surface area (Å²) in [7, 11) is 0. The van der Waals surface area contributed by atoms with Crippen LogP contribution in [0.1, 0.15) is 65.4 Å². The molecule has 1 aromatic heterocycles. The molecule has 0 saturated heterocycles. The smallest absolute Gasteiger partial charge is 0.237 e. The van der Waals surface area contributed by atoms with Gasteiger partial charge in [0.15, 0.2) is 0 Å². The van der Waals surface area contributed by atoms with Crippen molar-refractivity contribution in [3.8, 4) is 0 Å². The van der Waals surface area contributed by atoms with E-state index in [0.29, 0.717) is 6.42 Å². The van der Waals surface area contributed by atoms with E-state index < -0.39 is 5.54 Å². The van der Waals surface area contributed by atoms with Gasteiger partial charge in [0.2, 0.25) is 5.91 Å². The lowest BCUT2D eigenvalue weighted by molar-refractivity contribution is -0.124. The van der Waals surface area contributed by atoms with Crippen molar-refractivity contribution in [2.24, 2.45) is 5.73 Å². The predicted octanol–water partition coefficient (Wildman–Crippen LogP) is 2.20. The Kier molecular flexibility index (Phi) is 5.96. The molecule has 0 aliphatic rings. The van der Waals surface area contributed by atoms with Gasteiger partial charge in [-0.15, -0.1) is 0 Å². The zero-order valence-corrected chi connectivity index (χ0v) is 14.2. The number of amides is 1. The van der Waals surface area contributed by atoms with E-state index in [1.165, 1.54) is 5.69 Å². The highest BCUT2D eigenvalue weighted by Gasteiger charge is 2.34. The van der Waals surface area contributed by atoms with Crippen molar-refractivity contribution in [2.75, 3.05) is 0 Å². The Morgan fingerprint density at radius 2 is 2.00 bits per heavy atom. The molecule has 0 saturated carbocycles. The summed E-state index contributed by atoms with van der Waals surface area (Å²) in [6.45, 7) is 12.2. The molecule has 2 unspecified atom stereocenters. The molecule has 0 aliphatic carbocycles. The lowest BCUT2D eigenvalue weighted by Crippen LogP contribution is -2.56. The van der Waals surface area contributed by atoms with Crippen LogP contribution in [0.5, 0.6) is 0 Å². The summed E-state index contributed by atoms with van der Waals surface area (Å²) in [6.07, 6.45) is 2.48. The molecule has 1 aromatic rings. The minimum Gasteiger partial charge on any atom is -0.368 e. The van der Waals surface area contributed by atoms with E-state index in [-0.39, 0.29) is 18.0 Å². The van der Waals surface area contributed by atoms with Crippen LogP contribution in [0.4, 0.5) is 0 Å². The molecule has 1 rings (SSSR count). The number of aryl methyl sites for hydroxylation is 2. The summed E-state index contributed by atoms with van der Waals surface area (Å²) in [5.74, 6) is -0.316. The Morgan fingerprint density at radius 1 is 1.38 bits per heavy atom. The van der Waals surface area contributed by atoms with Gasteiger partial charge in [0.05, 0.1) is 17.3 Å². The van der Waals surface area contributed by atoms with Gasteiger partial charge in [0.1, 0.15) is 0 Å². The molecule has 0 fully saturated rings. The molecule has 0 radical (unpaired) electrons. The van der Waals surface area contributed by atoms with Crippen LogP contribution >= 0.6 is 0 Å². The highest BCUT2D eigenvalue weighted by molar-refractivity contribution is 5.84. The SMILES string of the molecule is CCc1cc(CC)n(C(C)CC(C)(NC(C)C)C(N)=O)n1. The lowest BCUT2D eigenvalue weighted by Gasteiger charge is -2.32. The molecule has 5 heteroatoms. The van der Waals surface area contributed by atoms with E-state index in [1.807, 2.05) is 25.5 Å². The molecule has 0 aromatic carbocycles. The molecule has 1 heterocycles. The molecule has 0 bridgehead atoms. The van der Waals surface area contributed by atoms with Crippen LogP contribution in [0.3, 0.4) is 0 Å². The fraction of sp³-hybridized carbons (Fsp3) is 0.750. The molecule has 2 atom stereocenters. The van der Waals surface area contributed by atoms with Gasteiger partial charge in [0.25, 0.3) is 0 Å². The average molecular weight is 294 g/mol. The summed E-state index contributed by atoms with van der Waals surface area (Å²) in [5, 5.41) is 7.96. The van der Waals surface area contributed by atoms with Gasteiger partial charge in [-0.1, -0.05) is 13.8 Å². The highest BCUT2D eigenvalue weighted by Crippen LogP contribution is 2.23. The van der Waals surface area contributed by atoms with E-state index in [0.717, 1.165) is 18.5 Å². The number of primary amides is 1. The lowest BCUT2D eigenvalue weighted by atomic mass is 9.91. The first-order valence-corrected chi connectivity index (χ1v) is 7.88. The van der Waals surface area contributed by atoms with Crippen LogP contribution in [-0.4, -0.2) is 27.3 Å². The van der Waals surface area contributed by atoms with E-state index in [1.54, 1.807) is 0 Å². The van der Waals surface area contributed by atoms with Gasteiger partial charge >= 0.3 is 0 Å². The van der Waals surface area contributed by atoms with E-state index in [2.05, 4.69) is 37.3 Å². The fourth-order valence-electron chi connectivity index (χ4n) is 2.85. The maximum absolute atomic E-state index is 11.9. The third-order valence-electron chi connectivity index (χ3n) is 3.86. The van der Waals surface area contributed by atoms with Crippen molar-refractivity contribution >= 4 is 5.91 Å². The number of nitrogens with zero attached hydrogens (tertiary/aromatic N) is 2. The van der Waals surface area contributed by atoms with Crippen molar-refractivity contribution in [1.29, 1.82) is 0 Å². The maximum Gasteiger partial charge on any atom is 0.237 e. The Morgan fingerprint density at radius 3 is 2.43 bits per heavy atom. The van der Waals surface area contributed by atoms with E-state index in [9.17, 15) is 4.79 Å². The second-order valence-corrected chi connectivity index (χ2v) is 6.33. The second kappa shape index (κ2) is 7.07. The molecule has 5 nitrogen and oxygen atoms in total. The Hall–Kier alpha value is -1.36. The monoisotopic (exact) mass is 294 g/mol. The van der Waals surface area contributed by atoms with Crippen LogP contribution < -0.4 is 11.1 Å². The van der Waals surface area contributed by atoms with Gasteiger partial charge in [-0.05, 0) is 53.0 Å². The van der Waals surface area contributed by atoms with E-state index in [4.69, 9.17) is 5.73 Å². The molecule has 3 N–H and O–H groups in total. The van der Waals surface area contributed by atoms with Crippen molar-refractivity contribution in [3.63, 3.8) is 0 Å². The fourth-order valence-corrected chi connectivity index (χ4v) is 2.85.